The van der Waals surface area contributed by atoms with Crippen molar-refractivity contribution in [2.75, 3.05) is 0 Å². The molecule has 0 aliphatic rings. The predicted octanol–water partition coefficient (Wildman–Crippen LogP) is 0.777. The van der Waals surface area contributed by atoms with Crippen LogP contribution in [0.5, 0.6) is 0 Å². The van der Waals surface area contributed by atoms with Gasteiger partial charge in [-0.1, -0.05) is 6.08 Å². The van der Waals surface area contributed by atoms with Gasteiger partial charge in [-0.2, -0.15) is 12.6 Å². The molecule has 2 N–H and O–H groups in total. The molecule has 1 atom stereocenters. The van der Waals surface area contributed by atoms with Crippen molar-refractivity contribution in [3.8, 4) is 0 Å². The predicted molar refractivity (Wildman–Crippen MR) is 31.8 cm³/mol. The molecular formula is C4H9NS. The van der Waals surface area contributed by atoms with Gasteiger partial charge in [-0.15, -0.1) is 0 Å². The monoisotopic (exact) mass is 103 g/mol. The Bertz CT molecular complexity index is 49.5. The molecule has 0 amide bonds. The molecule has 0 fully saturated rings. The summed E-state index contributed by atoms with van der Waals surface area (Å²) in [7, 11) is 0. The maximum atomic E-state index is 5.27. The molecule has 6 heavy (non-hydrogen) atoms. The molecule has 0 radical (unpaired) electrons. The van der Waals surface area contributed by atoms with Crippen LogP contribution in [0.4, 0.5) is 0 Å². The van der Waals surface area contributed by atoms with E-state index in [2.05, 4.69) is 12.6 Å². The highest BCUT2D eigenvalue weighted by molar-refractivity contribution is 7.83. The summed E-state index contributed by atoms with van der Waals surface area (Å²) in [6, 6.07) is 0.141. The second-order valence-electron chi connectivity index (χ2n) is 1.20. The van der Waals surface area contributed by atoms with Gasteiger partial charge in [0.1, 0.15) is 0 Å². The third-order valence-electron chi connectivity index (χ3n) is 0.390. The first-order chi connectivity index (χ1) is 2.77. The standard InChI is InChI=1S/C4H9NS/c1-4(5)2-3-6/h2-4,6H,5H2,1H3/b3-2+. The highest BCUT2D eigenvalue weighted by Gasteiger charge is 1.76. The number of rotatable bonds is 1. The second kappa shape index (κ2) is 3.25. The normalized spacial score (nSPS) is 15.8. The number of nitrogens with two attached hydrogens (primary N) is 1. The lowest BCUT2D eigenvalue weighted by Crippen LogP contribution is -2.09. The van der Waals surface area contributed by atoms with Crippen molar-refractivity contribution in [2.45, 2.75) is 13.0 Å². The molecule has 0 saturated carbocycles. The van der Waals surface area contributed by atoms with Crippen molar-refractivity contribution in [2.24, 2.45) is 5.73 Å². The van der Waals surface area contributed by atoms with Gasteiger partial charge in [0.15, 0.2) is 0 Å². The Morgan fingerprint density at radius 1 is 1.83 bits per heavy atom. The lowest BCUT2D eigenvalue weighted by atomic mass is 10.4. The number of hydrogen-bond acceptors (Lipinski definition) is 2. The Morgan fingerprint density at radius 2 is 2.33 bits per heavy atom. The Hall–Kier alpha value is 0.0500. The van der Waals surface area contributed by atoms with E-state index in [-0.39, 0.29) is 6.04 Å². The average Bonchev–Trinajstić information content (AvgIpc) is 1.35. The van der Waals surface area contributed by atoms with Gasteiger partial charge in [0, 0.05) is 6.04 Å². The summed E-state index contributed by atoms with van der Waals surface area (Å²) in [6.45, 7) is 1.90. The molecule has 1 nitrogen and oxygen atoms in total. The minimum atomic E-state index is 0.141. The van der Waals surface area contributed by atoms with Crippen LogP contribution in [-0.4, -0.2) is 6.04 Å². The maximum Gasteiger partial charge on any atom is 0.0202 e. The minimum Gasteiger partial charge on any atom is -0.325 e. The summed E-state index contributed by atoms with van der Waals surface area (Å²) in [5.74, 6) is 0. The van der Waals surface area contributed by atoms with E-state index in [0.717, 1.165) is 0 Å². The molecule has 0 rings (SSSR count). The second-order valence-corrected chi connectivity index (χ2v) is 1.50. The minimum absolute atomic E-state index is 0.141. The molecule has 0 aliphatic heterocycles. The van der Waals surface area contributed by atoms with Crippen molar-refractivity contribution >= 4 is 12.6 Å². The van der Waals surface area contributed by atoms with Crippen LogP contribution in [0.15, 0.2) is 11.5 Å². The fourth-order valence-electron chi connectivity index (χ4n) is 0.136. The summed E-state index contributed by atoms with van der Waals surface area (Å²) in [4.78, 5) is 0. The van der Waals surface area contributed by atoms with E-state index in [1.54, 1.807) is 5.41 Å². The Kier molecular flexibility index (Phi) is 3.28. The van der Waals surface area contributed by atoms with Crippen LogP contribution in [0, 0.1) is 0 Å². The van der Waals surface area contributed by atoms with Crippen LogP contribution in [0.2, 0.25) is 0 Å². The van der Waals surface area contributed by atoms with Crippen LogP contribution in [0.25, 0.3) is 0 Å². The van der Waals surface area contributed by atoms with E-state index < -0.39 is 0 Å². The molecule has 0 saturated heterocycles. The number of thiol groups is 1. The lowest BCUT2D eigenvalue weighted by Gasteiger charge is -1.88. The van der Waals surface area contributed by atoms with E-state index in [4.69, 9.17) is 5.73 Å². The van der Waals surface area contributed by atoms with Gasteiger partial charge in [-0.05, 0) is 12.3 Å². The SMILES string of the molecule is CC(N)/C=C/S. The molecule has 0 aromatic heterocycles. The largest absolute Gasteiger partial charge is 0.325 e. The average molecular weight is 103 g/mol. The van der Waals surface area contributed by atoms with Gasteiger partial charge >= 0.3 is 0 Å². The quantitative estimate of drug-likeness (QED) is 0.471. The van der Waals surface area contributed by atoms with Crippen molar-refractivity contribution in [1.29, 1.82) is 0 Å². The Labute approximate surface area is 43.6 Å². The number of hydrogen-bond donors (Lipinski definition) is 2. The van der Waals surface area contributed by atoms with E-state index in [1.807, 2.05) is 13.0 Å². The molecule has 0 aromatic rings. The summed E-state index contributed by atoms with van der Waals surface area (Å²) < 4.78 is 0. The molecule has 0 aromatic carbocycles. The summed E-state index contributed by atoms with van der Waals surface area (Å²) in [5.41, 5.74) is 5.27. The van der Waals surface area contributed by atoms with Crippen molar-refractivity contribution in [3.63, 3.8) is 0 Å². The van der Waals surface area contributed by atoms with E-state index in [9.17, 15) is 0 Å². The van der Waals surface area contributed by atoms with Gasteiger partial charge in [0.2, 0.25) is 0 Å². The molecular weight excluding hydrogens is 94.1 g/mol. The lowest BCUT2D eigenvalue weighted by molar-refractivity contribution is 0.928. The van der Waals surface area contributed by atoms with Crippen molar-refractivity contribution in [3.05, 3.63) is 11.5 Å². The zero-order valence-electron chi connectivity index (χ0n) is 3.76. The molecule has 0 bridgehead atoms. The van der Waals surface area contributed by atoms with Crippen molar-refractivity contribution in [1.82, 2.24) is 0 Å². The van der Waals surface area contributed by atoms with Gasteiger partial charge in [0.25, 0.3) is 0 Å². The fourth-order valence-corrected chi connectivity index (χ4v) is 0.407. The molecule has 1 unspecified atom stereocenters. The van der Waals surface area contributed by atoms with Crippen LogP contribution >= 0.6 is 12.6 Å². The van der Waals surface area contributed by atoms with Gasteiger partial charge in [0.05, 0.1) is 0 Å². The van der Waals surface area contributed by atoms with E-state index in [0.29, 0.717) is 0 Å². The molecule has 0 aliphatic carbocycles. The van der Waals surface area contributed by atoms with Gasteiger partial charge < -0.3 is 5.73 Å². The van der Waals surface area contributed by atoms with Crippen LogP contribution in [0.3, 0.4) is 0 Å². The molecule has 36 valence electrons. The molecule has 0 spiro atoms. The first kappa shape index (κ1) is 6.05. The Morgan fingerprint density at radius 3 is 2.33 bits per heavy atom. The fraction of sp³-hybridized carbons (Fsp3) is 0.500. The first-order valence-corrected chi connectivity index (χ1v) is 2.35. The summed E-state index contributed by atoms with van der Waals surface area (Å²) in [5, 5.41) is 1.64. The third-order valence-corrected chi connectivity index (χ3v) is 0.562. The van der Waals surface area contributed by atoms with Crippen LogP contribution < -0.4 is 5.73 Å². The molecule has 2 heteroatoms. The van der Waals surface area contributed by atoms with Gasteiger partial charge in [-0.3, -0.25) is 0 Å². The van der Waals surface area contributed by atoms with Crippen LogP contribution in [0.1, 0.15) is 6.92 Å². The third kappa shape index (κ3) is 4.05. The summed E-state index contributed by atoms with van der Waals surface area (Å²) >= 11 is 3.80. The Balaban J connectivity index is 3.03. The van der Waals surface area contributed by atoms with Crippen LogP contribution in [-0.2, 0) is 0 Å². The maximum absolute atomic E-state index is 5.27. The highest BCUT2D eigenvalue weighted by atomic mass is 32.1. The van der Waals surface area contributed by atoms with E-state index in [1.165, 1.54) is 0 Å². The van der Waals surface area contributed by atoms with Gasteiger partial charge in [-0.25, -0.2) is 0 Å². The van der Waals surface area contributed by atoms with Crippen molar-refractivity contribution < 1.29 is 0 Å². The topological polar surface area (TPSA) is 26.0 Å². The smallest absolute Gasteiger partial charge is 0.0202 e. The molecule has 0 heterocycles. The van der Waals surface area contributed by atoms with E-state index >= 15 is 0 Å². The zero-order chi connectivity index (χ0) is 4.99. The highest BCUT2D eigenvalue weighted by Crippen LogP contribution is 1.79. The first-order valence-electron chi connectivity index (χ1n) is 1.84. The summed E-state index contributed by atoms with van der Waals surface area (Å²) in [6.07, 6.45) is 1.81. The zero-order valence-corrected chi connectivity index (χ0v) is 4.65.